The number of thioether (sulfide) groups is 1. The van der Waals surface area contributed by atoms with E-state index < -0.39 is 0 Å². The maximum Gasteiger partial charge on any atom is 0.0350 e. The highest BCUT2D eigenvalue weighted by molar-refractivity contribution is 7.99. The Bertz CT molecular complexity index is 334. The number of hydrogen-bond donors (Lipinski definition) is 1. The SMILES string of the molecule is CCSCCC(C)NC(c1ccccc1)C1CC1. The standard InChI is InChI=1S/C16H25NS/c1-3-18-12-11-13(2)17-16(15-9-10-15)14-7-5-4-6-8-14/h4-8,13,15-17H,3,9-12H2,1-2H3. The molecule has 1 aliphatic rings. The lowest BCUT2D eigenvalue weighted by molar-refractivity contribution is 0.414. The smallest absolute Gasteiger partial charge is 0.0350 e. The Labute approximate surface area is 116 Å². The molecular formula is C16H25NS. The van der Waals surface area contributed by atoms with Crippen molar-refractivity contribution in [2.24, 2.45) is 5.92 Å². The van der Waals surface area contributed by atoms with Crippen molar-refractivity contribution < 1.29 is 0 Å². The van der Waals surface area contributed by atoms with Crippen LogP contribution in [0, 0.1) is 5.92 Å². The minimum absolute atomic E-state index is 0.577. The third kappa shape index (κ3) is 4.33. The van der Waals surface area contributed by atoms with Crippen molar-refractivity contribution in [2.75, 3.05) is 11.5 Å². The van der Waals surface area contributed by atoms with Crippen LogP contribution in [0.25, 0.3) is 0 Å². The molecule has 0 aromatic heterocycles. The molecule has 0 bridgehead atoms. The zero-order valence-electron chi connectivity index (χ0n) is 11.6. The lowest BCUT2D eigenvalue weighted by atomic mass is 10.0. The second-order valence-corrected chi connectivity index (χ2v) is 6.67. The average Bonchev–Trinajstić information content (AvgIpc) is 3.22. The highest BCUT2D eigenvalue weighted by Gasteiger charge is 2.32. The first kappa shape index (κ1) is 14.0. The molecule has 2 heteroatoms. The van der Waals surface area contributed by atoms with Crippen LogP contribution in [0.15, 0.2) is 30.3 Å². The van der Waals surface area contributed by atoms with Gasteiger partial charge in [-0.3, -0.25) is 0 Å². The van der Waals surface area contributed by atoms with Gasteiger partial charge in [0.05, 0.1) is 0 Å². The van der Waals surface area contributed by atoms with E-state index in [1.54, 1.807) is 0 Å². The van der Waals surface area contributed by atoms with Crippen molar-refractivity contribution in [2.45, 2.75) is 45.2 Å². The quantitative estimate of drug-likeness (QED) is 0.703. The first-order valence-corrected chi connectivity index (χ1v) is 8.35. The van der Waals surface area contributed by atoms with Gasteiger partial charge in [-0.1, -0.05) is 37.3 Å². The predicted molar refractivity (Wildman–Crippen MR) is 82.1 cm³/mol. The molecular weight excluding hydrogens is 238 g/mol. The summed E-state index contributed by atoms with van der Waals surface area (Å²) in [4.78, 5) is 0. The van der Waals surface area contributed by atoms with Crippen molar-refractivity contribution >= 4 is 11.8 Å². The van der Waals surface area contributed by atoms with E-state index in [-0.39, 0.29) is 0 Å². The summed E-state index contributed by atoms with van der Waals surface area (Å²) in [6.45, 7) is 4.56. The normalized spacial score (nSPS) is 18.6. The minimum Gasteiger partial charge on any atom is -0.307 e. The summed E-state index contributed by atoms with van der Waals surface area (Å²) >= 11 is 2.04. The fourth-order valence-electron chi connectivity index (χ4n) is 2.39. The Hall–Kier alpha value is -0.470. The topological polar surface area (TPSA) is 12.0 Å². The highest BCUT2D eigenvalue weighted by atomic mass is 32.2. The number of nitrogens with one attached hydrogen (secondary N) is 1. The molecule has 0 aliphatic heterocycles. The molecule has 0 radical (unpaired) electrons. The van der Waals surface area contributed by atoms with Gasteiger partial charge in [0.15, 0.2) is 0 Å². The van der Waals surface area contributed by atoms with Crippen LogP contribution in [-0.2, 0) is 0 Å². The van der Waals surface area contributed by atoms with Crippen LogP contribution in [0.1, 0.15) is 44.7 Å². The van der Waals surface area contributed by atoms with Gasteiger partial charge in [0.1, 0.15) is 0 Å². The summed E-state index contributed by atoms with van der Waals surface area (Å²) in [7, 11) is 0. The molecule has 0 spiro atoms. The third-order valence-corrected chi connectivity index (χ3v) is 4.55. The molecule has 1 aromatic rings. The number of hydrogen-bond acceptors (Lipinski definition) is 2. The molecule has 1 N–H and O–H groups in total. The minimum atomic E-state index is 0.577. The fourth-order valence-corrected chi connectivity index (χ4v) is 3.20. The van der Waals surface area contributed by atoms with Crippen molar-refractivity contribution in [1.82, 2.24) is 5.32 Å². The van der Waals surface area contributed by atoms with Crippen molar-refractivity contribution in [3.63, 3.8) is 0 Å². The Morgan fingerprint density at radius 1 is 1.28 bits per heavy atom. The zero-order chi connectivity index (χ0) is 12.8. The van der Waals surface area contributed by atoms with Gasteiger partial charge >= 0.3 is 0 Å². The van der Waals surface area contributed by atoms with Crippen LogP contribution in [-0.4, -0.2) is 17.5 Å². The van der Waals surface area contributed by atoms with E-state index in [1.165, 1.54) is 36.3 Å². The molecule has 1 nitrogen and oxygen atoms in total. The van der Waals surface area contributed by atoms with Crippen LogP contribution < -0.4 is 5.32 Å². The average molecular weight is 263 g/mol. The Morgan fingerprint density at radius 3 is 2.61 bits per heavy atom. The first-order valence-electron chi connectivity index (χ1n) is 7.20. The Balaban J connectivity index is 1.87. The van der Waals surface area contributed by atoms with Crippen LogP contribution in [0.4, 0.5) is 0 Å². The second-order valence-electron chi connectivity index (χ2n) is 5.28. The molecule has 100 valence electrons. The molecule has 1 saturated carbocycles. The largest absolute Gasteiger partial charge is 0.307 e. The van der Waals surface area contributed by atoms with E-state index in [0.717, 1.165) is 5.92 Å². The van der Waals surface area contributed by atoms with Crippen LogP contribution in [0.5, 0.6) is 0 Å². The molecule has 0 amide bonds. The third-order valence-electron chi connectivity index (χ3n) is 3.62. The number of benzene rings is 1. The summed E-state index contributed by atoms with van der Waals surface area (Å²) in [5.74, 6) is 3.38. The predicted octanol–water partition coefficient (Wildman–Crippen LogP) is 4.26. The highest BCUT2D eigenvalue weighted by Crippen LogP contribution is 2.41. The molecule has 0 saturated heterocycles. The maximum absolute atomic E-state index is 3.84. The van der Waals surface area contributed by atoms with E-state index in [0.29, 0.717) is 12.1 Å². The molecule has 2 atom stereocenters. The van der Waals surface area contributed by atoms with Crippen molar-refractivity contribution in [3.8, 4) is 0 Å². The molecule has 2 rings (SSSR count). The lowest BCUT2D eigenvalue weighted by Gasteiger charge is -2.23. The van der Waals surface area contributed by atoms with Crippen molar-refractivity contribution in [1.29, 1.82) is 0 Å². The summed E-state index contributed by atoms with van der Waals surface area (Å²) < 4.78 is 0. The van der Waals surface area contributed by atoms with E-state index in [4.69, 9.17) is 0 Å². The van der Waals surface area contributed by atoms with E-state index in [1.807, 2.05) is 11.8 Å². The monoisotopic (exact) mass is 263 g/mol. The fraction of sp³-hybridized carbons (Fsp3) is 0.625. The van der Waals surface area contributed by atoms with Crippen molar-refractivity contribution in [3.05, 3.63) is 35.9 Å². The molecule has 2 unspecified atom stereocenters. The molecule has 1 aromatic carbocycles. The number of rotatable bonds is 8. The summed E-state index contributed by atoms with van der Waals surface area (Å²) in [5.41, 5.74) is 1.47. The lowest BCUT2D eigenvalue weighted by Crippen LogP contribution is -2.32. The van der Waals surface area contributed by atoms with E-state index >= 15 is 0 Å². The molecule has 0 heterocycles. The van der Waals surface area contributed by atoms with Gasteiger partial charge in [-0.15, -0.1) is 0 Å². The van der Waals surface area contributed by atoms with Gasteiger partial charge in [0.25, 0.3) is 0 Å². The van der Waals surface area contributed by atoms with Gasteiger partial charge in [-0.05, 0) is 49.2 Å². The Kier molecular flexibility index (Phi) is 5.58. The second kappa shape index (κ2) is 7.20. The van der Waals surface area contributed by atoms with Gasteiger partial charge in [-0.2, -0.15) is 11.8 Å². The van der Waals surface area contributed by atoms with Gasteiger partial charge in [-0.25, -0.2) is 0 Å². The maximum atomic E-state index is 3.84. The first-order chi connectivity index (χ1) is 8.81. The van der Waals surface area contributed by atoms with Crippen LogP contribution in [0.2, 0.25) is 0 Å². The molecule has 18 heavy (non-hydrogen) atoms. The van der Waals surface area contributed by atoms with E-state index in [2.05, 4.69) is 49.5 Å². The Morgan fingerprint density at radius 2 is 2.00 bits per heavy atom. The molecule has 1 fully saturated rings. The summed E-state index contributed by atoms with van der Waals surface area (Å²) in [5, 5.41) is 3.84. The summed E-state index contributed by atoms with van der Waals surface area (Å²) in [6, 6.07) is 12.2. The van der Waals surface area contributed by atoms with Crippen LogP contribution in [0.3, 0.4) is 0 Å². The summed E-state index contributed by atoms with van der Waals surface area (Å²) in [6.07, 6.45) is 4.06. The molecule has 1 aliphatic carbocycles. The van der Waals surface area contributed by atoms with Gasteiger partial charge in [0.2, 0.25) is 0 Å². The van der Waals surface area contributed by atoms with E-state index in [9.17, 15) is 0 Å². The van der Waals surface area contributed by atoms with Crippen LogP contribution >= 0.6 is 11.8 Å². The zero-order valence-corrected chi connectivity index (χ0v) is 12.4. The van der Waals surface area contributed by atoms with Gasteiger partial charge in [0, 0.05) is 12.1 Å². The van der Waals surface area contributed by atoms with Gasteiger partial charge < -0.3 is 5.32 Å².